The molecule has 3 aromatic rings. The first kappa shape index (κ1) is 14.8. The number of H-pyrrole nitrogens is 1. The number of carbonyl (C=O) groups excluding carboxylic acids is 1. The molecule has 0 aliphatic rings. The molecule has 0 radical (unpaired) electrons. The molecule has 2 N–H and O–H groups in total. The van der Waals surface area contributed by atoms with Crippen LogP contribution in [0.25, 0.3) is 16.5 Å². The molecule has 0 aliphatic heterocycles. The maximum atomic E-state index is 12.0. The lowest BCUT2D eigenvalue weighted by Gasteiger charge is -2.10. The summed E-state index contributed by atoms with van der Waals surface area (Å²) in [6.45, 7) is 0. The molecule has 5 nitrogen and oxygen atoms in total. The number of aromatic nitrogens is 2. The van der Waals surface area contributed by atoms with Crippen molar-refractivity contribution in [3.05, 3.63) is 65.7 Å². The molecule has 116 valence electrons. The van der Waals surface area contributed by atoms with E-state index in [0.29, 0.717) is 5.88 Å². The van der Waals surface area contributed by atoms with Crippen molar-refractivity contribution in [2.75, 3.05) is 14.2 Å². The second-order valence-electron chi connectivity index (χ2n) is 5.00. The zero-order valence-corrected chi connectivity index (χ0v) is 13.0. The van der Waals surface area contributed by atoms with Gasteiger partial charge >= 0.3 is 0 Å². The number of hydrogen-bond acceptors (Lipinski definition) is 3. The van der Waals surface area contributed by atoms with Gasteiger partial charge in [-0.25, -0.2) is 0 Å². The molecule has 1 heterocycles. The van der Waals surface area contributed by atoms with Crippen LogP contribution >= 0.6 is 0 Å². The average molecular weight is 307 g/mol. The maximum absolute atomic E-state index is 12.0. The van der Waals surface area contributed by atoms with Gasteiger partial charge in [-0.2, -0.15) is 0 Å². The summed E-state index contributed by atoms with van der Waals surface area (Å²) in [6, 6.07) is 15.6. The molecule has 1 aromatic heterocycles. The number of nitrogens with zero attached hydrogens (tertiary/aromatic N) is 1. The number of aromatic amines is 1. The first-order valence-corrected chi connectivity index (χ1v) is 7.25. The van der Waals surface area contributed by atoms with E-state index in [1.54, 1.807) is 20.2 Å². The number of rotatable bonds is 4. The van der Waals surface area contributed by atoms with Crippen LogP contribution in [-0.2, 0) is 4.79 Å². The van der Waals surface area contributed by atoms with Gasteiger partial charge in [-0.1, -0.05) is 42.5 Å². The molecule has 0 spiro atoms. The van der Waals surface area contributed by atoms with Gasteiger partial charge in [0.1, 0.15) is 0 Å². The number of amides is 1. The van der Waals surface area contributed by atoms with Crippen molar-refractivity contribution in [1.82, 2.24) is 15.5 Å². The first-order chi connectivity index (χ1) is 11.2. The zero-order chi connectivity index (χ0) is 16.2. The minimum Gasteiger partial charge on any atom is -0.479 e. The van der Waals surface area contributed by atoms with Crippen LogP contribution in [0.15, 0.2) is 54.6 Å². The SMILES string of the molecule is CNC(=O)/C=C(\c1ccccc1)c1cccc2[nH]nc(OC)c12. The van der Waals surface area contributed by atoms with Gasteiger partial charge < -0.3 is 10.1 Å². The topological polar surface area (TPSA) is 67.0 Å². The van der Waals surface area contributed by atoms with Crippen molar-refractivity contribution in [1.29, 1.82) is 0 Å². The summed E-state index contributed by atoms with van der Waals surface area (Å²) in [5, 5.41) is 10.6. The number of ether oxygens (including phenoxy) is 1. The van der Waals surface area contributed by atoms with Crippen molar-refractivity contribution in [3.8, 4) is 5.88 Å². The molecule has 0 unspecified atom stereocenters. The summed E-state index contributed by atoms with van der Waals surface area (Å²) in [7, 11) is 3.19. The van der Waals surface area contributed by atoms with E-state index in [2.05, 4.69) is 15.5 Å². The third-order valence-corrected chi connectivity index (χ3v) is 3.65. The highest BCUT2D eigenvalue weighted by Gasteiger charge is 2.16. The average Bonchev–Trinajstić information content (AvgIpc) is 3.03. The highest BCUT2D eigenvalue weighted by Crippen LogP contribution is 2.34. The second-order valence-corrected chi connectivity index (χ2v) is 5.00. The maximum Gasteiger partial charge on any atom is 0.244 e. The van der Waals surface area contributed by atoms with Gasteiger partial charge in [-0.05, 0) is 22.8 Å². The predicted molar refractivity (Wildman–Crippen MR) is 90.2 cm³/mol. The van der Waals surface area contributed by atoms with E-state index >= 15 is 0 Å². The van der Waals surface area contributed by atoms with Gasteiger partial charge in [0.25, 0.3) is 0 Å². The van der Waals surface area contributed by atoms with Crippen LogP contribution in [0.5, 0.6) is 5.88 Å². The lowest BCUT2D eigenvalue weighted by atomic mass is 9.94. The van der Waals surface area contributed by atoms with Gasteiger partial charge in [0.15, 0.2) is 0 Å². The third kappa shape index (κ3) is 2.81. The summed E-state index contributed by atoms with van der Waals surface area (Å²) < 4.78 is 5.36. The number of likely N-dealkylation sites (N-methyl/N-ethyl adjacent to an activating group) is 1. The number of benzene rings is 2. The van der Waals surface area contributed by atoms with E-state index in [1.165, 1.54) is 0 Å². The Kier molecular flexibility index (Phi) is 4.10. The summed E-state index contributed by atoms with van der Waals surface area (Å²) >= 11 is 0. The van der Waals surface area contributed by atoms with Crippen LogP contribution in [0.1, 0.15) is 11.1 Å². The van der Waals surface area contributed by atoms with E-state index in [-0.39, 0.29) is 5.91 Å². The van der Waals surface area contributed by atoms with Gasteiger partial charge in [-0.3, -0.25) is 9.89 Å². The molecule has 0 saturated heterocycles. The largest absolute Gasteiger partial charge is 0.479 e. The van der Waals surface area contributed by atoms with E-state index in [1.807, 2.05) is 48.5 Å². The van der Waals surface area contributed by atoms with Crippen LogP contribution in [-0.4, -0.2) is 30.3 Å². The number of carbonyl (C=O) groups is 1. The van der Waals surface area contributed by atoms with Gasteiger partial charge in [-0.15, -0.1) is 5.10 Å². The van der Waals surface area contributed by atoms with Gasteiger partial charge in [0, 0.05) is 13.1 Å². The fourth-order valence-corrected chi connectivity index (χ4v) is 2.55. The fraction of sp³-hybridized carbons (Fsp3) is 0.111. The molecular weight excluding hydrogens is 290 g/mol. The van der Waals surface area contributed by atoms with E-state index < -0.39 is 0 Å². The van der Waals surface area contributed by atoms with Crippen molar-refractivity contribution in [3.63, 3.8) is 0 Å². The number of methoxy groups -OCH3 is 1. The van der Waals surface area contributed by atoms with Crippen LogP contribution in [0.3, 0.4) is 0 Å². The molecule has 1 amide bonds. The van der Waals surface area contributed by atoms with Crippen molar-refractivity contribution >= 4 is 22.4 Å². The summed E-state index contributed by atoms with van der Waals surface area (Å²) in [5.41, 5.74) is 3.52. The highest BCUT2D eigenvalue weighted by atomic mass is 16.5. The molecule has 3 rings (SSSR count). The Morgan fingerprint density at radius 1 is 1.17 bits per heavy atom. The summed E-state index contributed by atoms with van der Waals surface area (Å²) in [6.07, 6.45) is 1.59. The Hall–Kier alpha value is -3.08. The van der Waals surface area contributed by atoms with Gasteiger partial charge in [0.05, 0.1) is 18.0 Å². The van der Waals surface area contributed by atoms with Crippen LogP contribution < -0.4 is 10.1 Å². The zero-order valence-electron chi connectivity index (χ0n) is 13.0. The summed E-state index contributed by atoms with van der Waals surface area (Å²) in [5.74, 6) is 0.345. The molecule has 2 aromatic carbocycles. The van der Waals surface area contributed by atoms with E-state index in [9.17, 15) is 4.79 Å². The molecule has 23 heavy (non-hydrogen) atoms. The minimum absolute atomic E-state index is 0.164. The molecule has 0 saturated carbocycles. The second kappa shape index (κ2) is 6.36. The Morgan fingerprint density at radius 2 is 1.96 bits per heavy atom. The lowest BCUT2D eigenvalue weighted by molar-refractivity contribution is -0.116. The Labute approximate surface area is 134 Å². The first-order valence-electron chi connectivity index (χ1n) is 7.25. The summed E-state index contributed by atoms with van der Waals surface area (Å²) in [4.78, 5) is 12.0. The van der Waals surface area contributed by atoms with Crippen molar-refractivity contribution in [2.24, 2.45) is 0 Å². The van der Waals surface area contributed by atoms with Gasteiger partial charge in [0.2, 0.25) is 11.8 Å². The Balaban J connectivity index is 2.28. The molecule has 0 fully saturated rings. The van der Waals surface area contributed by atoms with Crippen molar-refractivity contribution in [2.45, 2.75) is 0 Å². The molecule has 0 aliphatic carbocycles. The van der Waals surface area contributed by atoms with Crippen LogP contribution in [0.2, 0.25) is 0 Å². The predicted octanol–water partition coefficient (Wildman–Crippen LogP) is 2.75. The highest BCUT2D eigenvalue weighted by molar-refractivity contribution is 6.05. The monoisotopic (exact) mass is 307 g/mol. The third-order valence-electron chi connectivity index (χ3n) is 3.65. The number of hydrogen-bond donors (Lipinski definition) is 2. The lowest BCUT2D eigenvalue weighted by Crippen LogP contribution is -2.15. The van der Waals surface area contributed by atoms with E-state index in [4.69, 9.17) is 4.74 Å². The standard InChI is InChI=1S/C18H17N3O2/c1-19-16(22)11-14(12-7-4-3-5-8-12)13-9-6-10-15-17(13)18(23-2)21-20-15/h3-11H,1-2H3,(H,19,22)(H,20,21)/b14-11+. The smallest absolute Gasteiger partial charge is 0.244 e. The molecule has 0 atom stereocenters. The molecular formula is C18H17N3O2. The van der Waals surface area contributed by atoms with Crippen LogP contribution in [0, 0.1) is 0 Å². The quantitative estimate of drug-likeness (QED) is 0.728. The number of fused-ring (bicyclic) bond motifs is 1. The van der Waals surface area contributed by atoms with E-state index in [0.717, 1.165) is 27.6 Å². The minimum atomic E-state index is -0.164. The molecule has 0 bridgehead atoms. The van der Waals surface area contributed by atoms with Crippen molar-refractivity contribution < 1.29 is 9.53 Å². The molecule has 5 heteroatoms. The Morgan fingerprint density at radius 3 is 2.65 bits per heavy atom. The van der Waals surface area contributed by atoms with Crippen LogP contribution in [0.4, 0.5) is 0 Å². The fourth-order valence-electron chi connectivity index (χ4n) is 2.55. The normalized spacial score (nSPS) is 11.5. The Bertz CT molecular complexity index is 866. The number of nitrogens with one attached hydrogen (secondary N) is 2.